The van der Waals surface area contributed by atoms with E-state index < -0.39 is 23.1 Å². The molecule has 1 aliphatic rings. The molecule has 1 saturated heterocycles. The van der Waals surface area contributed by atoms with Crippen LogP contribution in [0.1, 0.15) is 26.3 Å². The van der Waals surface area contributed by atoms with Crippen molar-refractivity contribution >= 4 is 17.7 Å². The molecular weight excluding hydrogens is 287 g/mol. The minimum Gasteiger partial charge on any atom is -0.444 e. The number of carbonyl (C=O) groups is 1. The first kappa shape index (κ1) is 15.0. The number of hydrogen-bond donors (Lipinski definition) is 1. The summed E-state index contributed by atoms with van der Waals surface area (Å²) in [4.78, 5) is 16.7. The summed E-state index contributed by atoms with van der Waals surface area (Å²) in [5.41, 5.74) is -2.03. The molecule has 0 aromatic carbocycles. The Bertz CT molecular complexity index is 539. The number of β-amino-alcohol motifs (C(OH)–C–C–N with tert-alkyl or cyclic N) is 1. The third kappa shape index (κ3) is 3.02. The Hall–Kier alpha value is -1.40. The lowest BCUT2D eigenvalue weighted by atomic mass is 9.87. The molecule has 0 bridgehead atoms. The number of pyridine rings is 1. The molecule has 2 rings (SSSR count). The van der Waals surface area contributed by atoms with Crippen molar-refractivity contribution in [2.75, 3.05) is 13.1 Å². The van der Waals surface area contributed by atoms with Crippen LogP contribution in [0.5, 0.6) is 0 Å². The Labute approximate surface area is 121 Å². The van der Waals surface area contributed by atoms with Crippen molar-refractivity contribution < 1.29 is 19.0 Å². The van der Waals surface area contributed by atoms with Gasteiger partial charge < -0.3 is 14.7 Å². The molecule has 0 unspecified atom stereocenters. The van der Waals surface area contributed by atoms with Gasteiger partial charge in [0.1, 0.15) is 22.2 Å². The molecule has 1 aromatic heterocycles. The van der Waals surface area contributed by atoms with Crippen molar-refractivity contribution in [1.29, 1.82) is 0 Å². The topological polar surface area (TPSA) is 62.7 Å². The predicted octanol–water partition coefficient (Wildman–Crippen LogP) is 2.31. The lowest BCUT2D eigenvalue weighted by molar-refractivity contribution is -0.105. The SMILES string of the molecule is CC(C)(C)OC(=O)N1CC(O)(c2cc(Cl)ncc2F)C1. The van der Waals surface area contributed by atoms with Gasteiger partial charge in [0, 0.05) is 5.56 Å². The molecule has 110 valence electrons. The molecule has 0 spiro atoms. The van der Waals surface area contributed by atoms with Crippen LogP contribution in [-0.2, 0) is 10.3 Å². The molecule has 1 amide bonds. The summed E-state index contributed by atoms with van der Waals surface area (Å²) in [5.74, 6) is -0.652. The first-order valence-electron chi connectivity index (χ1n) is 6.12. The van der Waals surface area contributed by atoms with Gasteiger partial charge in [-0.25, -0.2) is 14.2 Å². The lowest BCUT2D eigenvalue weighted by Crippen LogP contribution is -2.62. The van der Waals surface area contributed by atoms with Gasteiger partial charge in [-0.1, -0.05) is 11.6 Å². The summed E-state index contributed by atoms with van der Waals surface area (Å²) >= 11 is 5.70. The smallest absolute Gasteiger partial charge is 0.410 e. The Balaban J connectivity index is 2.07. The van der Waals surface area contributed by atoms with Crippen molar-refractivity contribution in [1.82, 2.24) is 9.88 Å². The van der Waals surface area contributed by atoms with Crippen LogP contribution in [-0.4, -0.2) is 39.8 Å². The minimum atomic E-state index is -1.45. The number of aliphatic hydroxyl groups is 1. The second-order valence-corrected chi connectivity index (χ2v) is 6.24. The monoisotopic (exact) mass is 302 g/mol. The molecule has 7 heteroatoms. The molecule has 0 saturated carbocycles. The summed E-state index contributed by atoms with van der Waals surface area (Å²) in [6.45, 7) is 5.16. The zero-order valence-corrected chi connectivity index (χ0v) is 12.2. The highest BCUT2D eigenvalue weighted by atomic mass is 35.5. The van der Waals surface area contributed by atoms with Gasteiger partial charge in [-0.3, -0.25) is 0 Å². The standard InChI is InChI=1S/C13H16ClFN2O3/c1-12(2,3)20-11(18)17-6-13(19,7-17)8-4-10(14)16-5-9(8)15/h4-5,19H,6-7H2,1-3H3. The predicted molar refractivity (Wildman–Crippen MR) is 70.9 cm³/mol. The van der Waals surface area contributed by atoms with E-state index in [1.165, 1.54) is 11.0 Å². The van der Waals surface area contributed by atoms with E-state index in [4.69, 9.17) is 16.3 Å². The Morgan fingerprint density at radius 3 is 2.70 bits per heavy atom. The van der Waals surface area contributed by atoms with Crippen molar-refractivity contribution in [3.8, 4) is 0 Å². The fraction of sp³-hybridized carbons (Fsp3) is 0.538. The van der Waals surface area contributed by atoms with Crippen LogP contribution in [0.2, 0.25) is 5.15 Å². The van der Waals surface area contributed by atoms with Crippen LogP contribution in [0.15, 0.2) is 12.3 Å². The van der Waals surface area contributed by atoms with Gasteiger partial charge in [0.05, 0.1) is 19.3 Å². The summed E-state index contributed by atoms with van der Waals surface area (Å²) in [6.07, 6.45) is 0.411. The van der Waals surface area contributed by atoms with E-state index in [9.17, 15) is 14.3 Å². The van der Waals surface area contributed by atoms with E-state index in [1.54, 1.807) is 20.8 Å². The average Bonchev–Trinajstić information content (AvgIpc) is 2.25. The number of nitrogens with zero attached hydrogens (tertiary/aromatic N) is 2. The fourth-order valence-corrected chi connectivity index (χ4v) is 2.14. The Morgan fingerprint density at radius 1 is 1.55 bits per heavy atom. The van der Waals surface area contributed by atoms with E-state index in [2.05, 4.69) is 4.98 Å². The molecule has 2 heterocycles. The largest absolute Gasteiger partial charge is 0.444 e. The van der Waals surface area contributed by atoms with Crippen LogP contribution in [0.4, 0.5) is 9.18 Å². The van der Waals surface area contributed by atoms with Crippen LogP contribution >= 0.6 is 11.6 Å². The second-order valence-electron chi connectivity index (χ2n) is 5.85. The minimum absolute atomic E-state index is 0.0392. The first-order valence-corrected chi connectivity index (χ1v) is 6.50. The molecule has 0 atom stereocenters. The number of rotatable bonds is 1. The molecule has 1 fully saturated rings. The van der Waals surface area contributed by atoms with E-state index in [-0.39, 0.29) is 23.8 Å². The van der Waals surface area contributed by atoms with Gasteiger partial charge in [-0.2, -0.15) is 0 Å². The number of aromatic nitrogens is 1. The van der Waals surface area contributed by atoms with Crippen molar-refractivity contribution in [3.05, 3.63) is 28.8 Å². The van der Waals surface area contributed by atoms with Crippen molar-refractivity contribution in [3.63, 3.8) is 0 Å². The summed E-state index contributed by atoms with van der Waals surface area (Å²) < 4.78 is 18.8. The quantitative estimate of drug-likeness (QED) is 0.809. The van der Waals surface area contributed by atoms with Crippen LogP contribution < -0.4 is 0 Å². The van der Waals surface area contributed by atoms with Gasteiger partial charge in [-0.15, -0.1) is 0 Å². The van der Waals surface area contributed by atoms with Crippen LogP contribution in [0.3, 0.4) is 0 Å². The third-order valence-corrected chi connectivity index (χ3v) is 3.09. The maximum absolute atomic E-state index is 13.7. The van der Waals surface area contributed by atoms with Crippen molar-refractivity contribution in [2.24, 2.45) is 0 Å². The third-order valence-electron chi connectivity index (χ3n) is 2.88. The molecule has 0 radical (unpaired) electrons. The van der Waals surface area contributed by atoms with Crippen LogP contribution in [0, 0.1) is 5.82 Å². The average molecular weight is 303 g/mol. The molecule has 1 N–H and O–H groups in total. The maximum atomic E-state index is 13.7. The van der Waals surface area contributed by atoms with Gasteiger partial charge in [-0.05, 0) is 26.8 Å². The van der Waals surface area contributed by atoms with Gasteiger partial charge in [0.2, 0.25) is 0 Å². The van der Waals surface area contributed by atoms with Gasteiger partial charge >= 0.3 is 6.09 Å². The molecule has 20 heavy (non-hydrogen) atoms. The lowest BCUT2D eigenvalue weighted by Gasteiger charge is -2.46. The highest BCUT2D eigenvalue weighted by Gasteiger charge is 2.48. The van der Waals surface area contributed by atoms with E-state index in [0.29, 0.717) is 0 Å². The second kappa shape index (κ2) is 4.86. The summed E-state index contributed by atoms with van der Waals surface area (Å²) in [7, 11) is 0. The number of hydrogen-bond acceptors (Lipinski definition) is 4. The number of amides is 1. The zero-order valence-electron chi connectivity index (χ0n) is 11.5. The molecule has 5 nitrogen and oxygen atoms in total. The number of carbonyl (C=O) groups excluding carboxylic acids is 1. The first-order chi connectivity index (χ1) is 9.11. The van der Waals surface area contributed by atoms with Gasteiger partial charge in [0.25, 0.3) is 0 Å². The Morgan fingerprint density at radius 2 is 2.15 bits per heavy atom. The zero-order chi connectivity index (χ0) is 15.1. The highest BCUT2D eigenvalue weighted by molar-refractivity contribution is 6.29. The normalized spacial score (nSPS) is 17.6. The molecule has 0 aliphatic carbocycles. The molecule has 1 aromatic rings. The van der Waals surface area contributed by atoms with E-state index in [1.807, 2.05) is 0 Å². The number of ether oxygens (including phenoxy) is 1. The van der Waals surface area contributed by atoms with E-state index in [0.717, 1.165) is 6.20 Å². The van der Waals surface area contributed by atoms with E-state index >= 15 is 0 Å². The number of halogens is 2. The molecular formula is C13H16ClFN2O3. The van der Waals surface area contributed by atoms with Crippen LogP contribution in [0.25, 0.3) is 0 Å². The molecule has 1 aliphatic heterocycles. The summed E-state index contributed by atoms with van der Waals surface area (Å²) in [5, 5.41) is 10.4. The maximum Gasteiger partial charge on any atom is 0.410 e. The fourth-order valence-electron chi connectivity index (χ4n) is 1.98. The van der Waals surface area contributed by atoms with Crippen molar-refractivity contribution in [2.45, 2.75) is 32.0 Å². The summed E-state index contributed by atoms with van der Waals surface area (Å²) in [6, 6.07) is 1.27. The number of likely N-dealkylation sites (tertiary alicyclic amines) is 1. The highest BCUT2D eigenvalue weighted by Crippen LogP contribution is 2.35. The Kier molecular flexibility index (Phi) is 3.64. The van der Waals surface area contributed by atoms with Gasteiger partial charge in [0.15, 0.2) is 0 Å².